The van der Waals surface area contributed by atoms with Crippen LogP contribution < -0.4 is 10.6 Å². The number of rotatable bonds is 19. The van der Waals surface area contributed by atoms with Gasteiger partial charge in [-0.2, -0.15) is 0 Å². The summed E-state index contributed by atoms with van der Waals surface area (Å²) in [4.78, 5) is 68.0. The van der Waals surface area contributed by atoms with Crippen molar-refractivity contribution in [3.05, 3.63) is 31.2 Å². The Morgan fingerprint density at radius 2 is 1.10 bits per heavy atom. The molecule has 2 aliphatic heterocycles. The fourth-order valence-electron chi connectivity index (χ4n) is 2.91. The van der Waals surface area contributed by atoms with Crippen molar-refractivity contribution >= 4 is 58.0 Å². The van der Waals surface area contributed by atoms with Crippen molar-refractivity contribution in [3.63, 3.8) is 0 Å². The van der Waals surface area contributed by atoms with E-state index >= 15 is 0 Å². The van der Waals surface area contributed by atoms with Crippen molar-refractivity contribution < 1.29 is 47.7 Å². The van der Waals surface area contributed by atoms with E-state index in [1.165, 1.54) is 24.3 Å². The number of imide groups is 2. The average molecular weight is 710 g/mol. The number of carbonyl (C=O) groups excluding carboxylic acids is 6. The standard InChI is InChI=1S/C13H20N2O5.C8H16INO3.C6H6NO2/c1-2-19-9-10-20-8-6-14-11(16)5-7-15-12(17)3-4-13(15)18;1-2-12-5-6-13-4-3-10-8(11)7-9;1-2-7-5(8)3-4-6(7)9/h3-4H,2,5-10H2,1H3,(H,14,16);2-7H2,1H3,(H,10,11);3-4H,1-2H2/q;;-1. The van der Waals surface area contributed by atoms with Gasteiger partial charge in [-0.3, -0.25) is 33.7 Å². The van der Waals surface area contributed by atoms with Gasteiger partial charge in [-0.1, -0.05) is 29.1 Å². The highest BCUT2D eigenvalue weighted by Crippen LogP contribution is 2.04. The number of amides is 6. The predicted molar refractivity (Wildman–Crippen MR) is 161 cm³/mol. The fourth-order valence-corrected chi connectivity index (χ4v) is 3.18. The molecule has 0 spiro atoms. The molecule has 2 rings (SSSR count). The summed E-state index contributed by atoms with van der Waals surface area (Å²) in [5.41, 5.74) is 0. The predicted octanol–water partition coefficient (Wildman–Crippen LogP) is -0.193. The van der Waals surface area contributed by atoms with Crippen molar-refractivity contribution in [1.82, 2.24) is 20.4 Å². The van der Waals surface area contributed by atoms with Crippen LogP contribution in [0.5, 0.6) is 0 Å². The smallest absolute Gasteiger partial charge is 0.253 e. The molecular formula is C27H42IN4O10-. The zero-order valence-corrected chi connectivity index (χ0v) is 26.4. The number of nitrogens with zero attached hydrogens (tertiary/aromatic N) is 2. The molecule has 0 aromatic heterocycles. The molecule has 2 N–H and O–H groups in total. The molecule has 238 valence electrons. The molecule has 15 heteroatoms. The van der Waals surface area contributed by atoms with Crippen molar-refractivity contribution in [2.24, 2.45) is 0 Å². The van der Waals surface area contributed by atoms with E-state index in [1.54, 1.807) is 0 Å². The van der Waals surface area contributed by atoms with Crippen LogP contribution in [-0.4, -0.2) is 129 Å². The lowest BCUT2D eigenvalue weighted by molar-refractivity contribution is -0.138. The Hall–Kier alpha value is -2.73. The largest absolute Gasteiger partial charge is 0.379 e. The number of halogens is 1. The van der Waals surface area contributed by atoms with Gasteiger partial charge < -0.3 is 41.4 Å². The van der Waals surface area contributed by atoms with E-state index in [-0.39, 0.29) is 55.0 Å². The molecule has 0 aromatic carbocycles. The molecule has 0 aromatic rings. The number of ether oxygens (including phenoxy) is 4. The van der Waals surface area contributed by atoms with Crippen LogP contribution in [0.4, 0.5) is 0 Å². The van der Waals surface area contributed by atoms with Crippen LogP contribution in [0.2, 0.25) is 0 Å². The van der Waals surface area contributed by atoms with Gasteiger partial charge in [0.15, 0.2) is 0 Å². The lowest BCUT2D eigenvalue weighted by atomic mass is 10.3. The first-order chi connectivity index (χ1) is 20.2. The van der Waals surface area contributed by atoms with Crippen LogP contribution in [-0.2, 0) is 47.7 Å². The molecule has 0 unspecified atom stereocenters. The molecule has 42 heavy (non-hydrogen) atoms. The van der Waals surface area contributed by atoms with Gasteiger partial charge in [0, 0.05) is 63.6 Å². The molecule has 0 atom stereocenters. The highest BCUT2D eigenvalue weighted by molar-refractivity contribution is 14.1. The summed E-state index contributed by atoms with van der Waals surface area (Å²) in [5.74, 6) is -1.45. The lowest BCUT2D eigenvalue weighted by Gasteiger charge is -2.13. The van der Waals surface area contributed by atoms with Gasteiger partial charge in [0.2, 0.25) is 11.8 Å². The third kappa shape index (κ3) is 19.4. The highest BCUT2D eigenvalue weighted by atomic mass is 127. The first kappa shape index (κ1) is 39.3. The van der Waals surface area contributed by atoms with Crippen molar-refractivity contribution in [2.45, 2.75) is 20.3 Å². The molecule has 2 heterocycles. The SMILES string of the molecule is CCOCCOCCNC(=O)CCN1C(=O)C=CC1=O.CCOCCOCCNC(=O)CI.[CH2-]CN1C(=O)C=CC1=O. The second kappa shape index (κ2) is 25.9. The van der Waals surface area contributed by atoms with Crippen LogP contribution in [0.15, 0.2) is 24.3 Å². The number of hydrogen-bond acceptors (Lipinski definition) is 10. The van der Waals surface area contributed by atoms with E-state index in [0.717, 1.165) is 16.4 Å². The van der Waals surface area contributed by atoms with Crippen molar-refractivity contribution in [3.8, 4) is 0 Å². The number of alkyl halides is 1. The van der Waals surface area contributed by atoms with Gasteiger partial charge in [0.05, 0.1) is 44.1 Å². The van der Waals surface area contributed by atoms with Crippen LogP contribution in [0.25, 0.3) is 0 Å². The molecule has 0 aliphatic carbocycles. The normalized spacial score (nSPS) is 13.6. The minimum Gasteiger partial charge on any atom is -0.379 e. The van der Waals surface area contributed by atoms with Gasteiger partial charge in [-0.15, -0.1) is 0 Å². The van der Waals surface area contributed by atoms with Gasteiger partial charge in [0.1, 0.15) is 0 Å². The second-order valence-electron chi connectivity index (χ2n) is 8.03. The third-order valence-electron chi connectivity index (χ3n) is 5.00. The Balaban J connectivity index is 0.000000654. The van der Waals surface area contributed by atoms with Gasteiger partial charge in [0.25, 0.3) is 23.6 Å². The minimum atomic E-state index is -0.373. The first-order valence-corrected chi connectivity index (χ1v) is 15.0. The summed E-state index contributed by atoms with van der Waals surface area (Å²) < 4.78 is 21.1. The summed E-state index contributed by atoms with van der Waals surface area (Å²) in [6.07, 6.45) is 4.98. The van der Waals surface area contributed by atoms with E-state index in [0.29, 0.717) is 63.8 Å². The van der Waals surface area contributed by atoms with E-state index in [4.69, 9.17) is 18.9 Å². The average Bonchev–Trinajstić information content (AvgIpc) is 3.49. The molecule has 2 aliphatic rings. The maximum absolute atomic E-state index is 11.5. The van der Waals surface area contributed by atoms with Crippen LogP contribution in [0.3, 0.4) is 0 Å². The third-order valence-corrected chi connectivity index (χ3v) is 5.69. The maximum atomic E-state index is 11.5. The van der Waals surface area contributed by atoms with Crippen molar-refractivity contribution in [2.75, 3.05) is 83.5 Å². The van der Waals surface area contributed by atoms with Crippen LogP contribution in [0.1, 0.15) is 20.3 Å². The lowest BCUT2D eigenvalue weighted by Crippen LogP contribution is -2.35. The maximum Gasteiger partial charge on any atom is 0.253 e. The summed E-state index contributed by atoms with van der Waals surface area (Å²) >= 11 is 2.02. The Labute approximate surface area is 260 Å². The molecule has 0 radical (unpaired) electrons. The monoisotopic (exact) mass is 709 g/mol. The zero-order valence-electron chi connectivity index (χ0n) is 24.3. The van der Waals surface area contributed by atoms with Crippen molar-refractivity contribution in [1.29, 1.82) is 0 Å². The Morgan fingerprint density at radius 3 is 1.48 bits per heavy atom. The first-order valence-electron chi connectivity index (χ1n) is 13.5. The van der Waals surface area contributed by atoms with Gasteiger partial charge >= 0.3 is 0 Å². The molecular weight excluding hydrogens is 667 g/mol. The molecule has 0 saturated heterocycles. The van der Waals surface area contributed by atoms with Gasteiger partial charge in [-0.25, -0.2) is 0 Å². The number of carbonyl (C=O) groups is 6. The Bertz CT molecular complexity index is 877. The zero-order chi connectivity index (χ0) is 31.6. The fraction of sp³-hybridized carbons (Fsp3) is 0.593. The number of hydrogen-bond donors (Lipinski definition) is 2. The molecule has 0 saturated carbocycles. The summed E-state index contributed by atoms with van der Waals surface area (Å²) in [5, 5.41) is 5.36. The van der Waals surface area contributed by atoms with E-state index in [2.05, 4.69) is 17.6 Å². The molecule has 14 nitrogen and oxygen atoms in total. The van der Waals surface area contributed by atoms with Crippen LogP contribution >= 0.6 is 22.6 Å². The molecule has 0 fully saturated rings. The quantitative estimate of drug-likeness (QED) is 0.0603. The molecule has 6 amide bonds. The van der Waals surface area contributed by atoms with E-state index < -0.39 is 0 Å². The topological polar surface area (TPSA) is 170 Å². The second-order valence-corrected chi connectivity index (χ2v) is 8.79. The Kier molecular flexibility index (Phi) is 24.3. The van der Waals surface area contributed by atoms with Crippen LogP contribution in [0, 0.1) is 6.92 Å². The van der Waals surface area contributed by atoms with E-state index in [9.17, 15) is 28.8 Å². The summed E-state index contributed by atoms with van der Waals surface area (Å²) in [6.45, 7) is 13.1. The van der Waals surface area contributed by atoms with E-state index in [1.807, 2.05) is 36.4 Å². The summed E-state index contributed by atoms with van der Waals surface area (Å²) in [6, 6.07) is 0. The van der Waals surface area contributed by atoms with Gasteiger partial charge in [-0.05, 0) is 13.8 Å². The molecule has 0 bridgehead atoms. The highest BCUT2D eigenvalue weighted by Gasteiger charge is 2.23. The summed E-state index contributed by atoms with van der Waals surface area (Å²) in [7, 11) is 0. The number of nitrogens with one attached hydrogen (secondary N) is 2. The minimum absolute atomic E-state index is 0.0500. The Morgan fingerprint density at radius 1 is 0.690 bits per heavy atom.